The lowest BCUT2D eigenvalue weighted by Crippen LogP contribution is -2.46. The van der Waals surface area contributed by atoms with Crippen LogP contribution in [0.2, 0.25) is 0 Å². The Kier molecular flexibility index (Phi) is 3.79. The minimum absolute atomic E-state index is 0.156. The maximum Gasteiger partial charge on any atom is 0.153 e. The lowest BCUT2D eigenvalue weighted by molar-refractivity contribution is -0.00549. The predicted molar refractivity (Wildman–Crippen MR) is 69.5 cm³/mol. The predicted octanol–water partition coefficient (Wildman–Crippen LogP) is 2.27. The Labute approximate surface area is 109 Å². The first-order valence-electron chi connectivity index (χ1n) is 5.61. The maximum atomic E-state index is 11.1. The van der Waals surface area contributed by atoms with E-state index in [0.717, 1.165) is 29.7 Å². The monoisotopic (exact) mass is 298 g/mol. The van der Waals surface area contributed by atoms with Crippen LogP contribution < -0.4 is 4.90 Å². The topological polar surface area (TPSA) is 42.4 Å². The molecular formula is C12H15BrN2O2. The van der Waals surface area contributed by atoms with E-state index < -0.39 is 0 Å². The SMILES string of the molecule is CC1CN(c2ncc(Br)cc2C=O)CC(C)O1. The number of rotatable bonds is 2. The van der Waals surface area contributed by atoms with Crippen LogP contribution >= 0.6 is 15.9 Å². The molecule has 0 aromatic carbocycles. The molecule has 2 rings (SSSR count). The number of hydrogen-bond acceptors (Lipinski definition) is 4. The van der Waals surface area contributed by atoms with Gasteiger partial charge in [0.15, 0.2) is 6.29 Å². The largest absolute Gasteiger partial charge is 0.372 e. The van der Waals surface area contributed by atoms with E-state index in [4.69, 9.17) is 4.74 Å². The molecule has 2 heterocycles. The van der Waals surface area contributed by atoms with Gasteiger partial charge in [0.1, 0.15) is 5.82 Å². The quantitative estimate of drug-likeness (QED) is 0.786. The molecule has 1 fully saturated rings. The van der Waals surface area contributed by atoms with Crippen molar-refractivity contribution in [3.8, 4) is 0 Å². The summed E-state index contributed by atoms with van der Waals surface area (Å²) in [5.74, 6) is 0.741. The van der Waals surface area contributed by atoms with Gasteiger partial charge >= 0.3 is 0 Å². The van der Waals surface area contributed by atoms with Gasteiger partial charge in [-0.3, -0.25) is 4.79 Å². The maximum absolute atomic E-state index is 11.1. The zero-order chi connectivity index (χ0) is 12.4. The fourth-order valence-corrected chi connectivity index (χ4v) is 2.50. The molecule has 4 nitrogen and oxygen atoms in total. The number of pyridine rings is 1. The highest BCUT2D eigenvalue weighted by Crippen LogP contribution is 2.23. The Morgan fingerprint density at radius 1 is 1.47 bits per heavy atom. The van der Waals surface area contributed by atoms with E-state index in [9.17, 15) is 4.79 Å². The molecule has 17 heavy (non-hydrogen) atoms. The van der Waals surface area contributed by atoms with E-state index in [1.54, 1.807) is 12.3 Å². The average Bonchev–Trinajstić information content (AvgIpc) is 2.27. The number of carbonyl (C=O) groups excluding carboxylic acids is 1. The van der Waals surface area contributed by atoms with Gasteiger partial charge in [-0.05, 0) is 35.8 Å². The average molecular weight is 299 g/mol. The summed E-state index contributed by atoms with van der Waals surface area (Å²) < 4.78 is 6.49. The summed E-state index contributed by atoms with van der Waals surface area (Å²) in [5, 5.41) is 0. The van der Waals surface area contributed by atoms with Gasteiger partial charge in [-0.1, -0.05) is 0 Å². The molecular weight excluding hydrogens is 284 g/mol. The van der Waals surface area contributed by atoms with Gasteiger partial charge < -0.3 is 9.64 Å². The van der Waals surface area contributed by atoms with Crippen LogP contribution in [0.5, 0.6) is 0 Å². The minimum Gasteiger partial charge on any atom is -0.372 e. The number of carbonyl (C=O) groups is 1. The van der Waals surface area contributed by atoms with E-state index >= 15 is 0 Å². The Morgan fingerprint density at radius 2 is 2.12 bits per heavy atom. The molecule has 0 saturated carbocycles. The Morgan fingerprint density at radius 3 is 2.71 bits per heavy atom. The normalized spacial score (nSPS) is 24.8. The van der Waals surface area contributed by atoms with Crippen molar-refractivity contribution in [2.75, 3.05) is 18.0 Å². The molecule has 1 aliphatic rings. The first kappa shape index (κ1) is 12.5. The highest BCUT2D eigenvalue weighted by Gasteiger charge is 2.24. The third-order valence-electron chi connectivity index (χ3n) is 2.71. The molecule has 0 amide bonds. The number of aromatic nitrogens is 1. The number of ether oxygens (including phenoxy) is 1. The summed E-state index contributed by atoms with van der Waals surface area (Å²) in [6.45, 7) is 5.59. The van der Waals surface area contributed by atoms with Crippen molar-refractivity contribution in [3.63, 3.8) is 0 Å². The second-order valence-electron chi connectivity index (χ2n) is 4.35. The molecule has 2 atom stereocenters. The molecule has 0 bridgehead atoms. The molecule has 5 heteroatoms. The Balaban J connectivity index is 2.29. The molecule has 2 unspecified atom stereocenters. The molecule has 1 aromatic heterocycles. The lowest BCUT2D eigenvalue weighted by Gasteiger charge is -2.36. The number of aldehydes is 1. The molecule has 0 spiro atoms. The van der Waals surface area contributed by atoms with Gasteiger partial charge in [0.05, 0.1) is 17.8 Å². The van der Waals surface area contributed by atoms with Crippen LogP contribution in [0.25, 0.3) is 0 Å². The lowest BCUT2D eigenvalue weighted by atomic mass is 10.2. The molecule has 92 valence electrons. The highest BCUT2D eigenvalue weighted by molar-refractivity contribution is 9.10. The van der Waals surface area contributed by atoms with Gasteiger partial charge in [0.2, 0.25) is 0 Å². The summed E-state index contributed by atoms with van der Waals surface area (Å²) in [4.78, 5) is 17.5. The number of morpholine rings is 1. The molecule has 0 aliphatic carbocycles. The van der Waals surface area contributed by atoms with Crippen molar-refractivity contribution in [1.29, 1.82) is 0 Å². The second kappa shape index (κ2) is 5.14. The van der Waals surface area contributed by atoms with Crippen LogP contribution in [0.1, 0.15) is 24.2 Å². The van der Waals surface area contributed by atoms with Crippen molar-refractivity contribution in [3.05, 3.63) is 22.3 Å². The van der Waals surface area contributed by atoms with Crippen molar-refractivity contribution in [2.24, 2.45) is 0 Å². The first-order valence-corrected chi connectivity index (χ1v) is 6.40. The van der Waals surface area contributed by atoms with Gasteiger partial charge in [0, 0.05) is 23.8 Å². The minimum atomic E-state index is 0.156. The first-order chi connectivity index (χ1) is 8.10. The smallest absolute Gasteiger partial charge is 0.153 e. The molecule has 1 aromatic rings. The fourth-order valence-electron chi connectivity index (χ4n) is 2.15. The summed E-state index contributed by atoms with van der Waals surface area (Å²) in [5.41, 5.74) is 0.612. The van der Waals surface area contributed by atoms with Crippen LogP contribution in [0.15, 0.2) is 16.7 Å². The molecule has 1 saturated heterocycles. The van der Waals surface area contributed by atoms with Gasteiger partial charge in [-0.15, -0.1) is 0 Å². The van der Waals surface area contributed by atoms with Crippen LogP contribution in [-0.2, 0) is 4.74 Å². The summed E-state index contributed by atoms with van der Waals surface area (Å²) in [6.07, 6.45) is 2.87. The molecule has 0 radical (unpaired) electrons. The second-order valence-corrected chi connectivity index (χ2v) is 5.26. The van der Waals surface area contributed by atoms with E-state index in [1.165, 1.54) is 0 Å². The third kappa shape index (κ3) is 2.84. The Hall–Kier alpha value is -0.940. The van der Waals surface area contributed by atoms with Crippen molar-refractivity contribution in [1.82, 2.24) is 4.98 Å². The standard InChI is InChI=1S/C12H15BrN2O2/c1-8-5-15(6-9(2)17-8)12-10(7-16)3-11(13)4-14-12/h3-4,7-9H,5-6H2,1-2H3. The zero-order valence-electron chi connectivity index (χ0n) is 9.89. The number of nitrogens with zero attached hydrogens (tertiary/aromatic N) is 2. The third-order valence-corrected chi connectivity index (χ3v) is 3.14. The van der Waals surface area contributed by atoms with E-state index in [-0.39, 0.29) is 12.2 Å². The zero-order valence-corrected chi connectivity index (χ0v) is 11.5. The van der Waals surface area contributed by atoms with Crippen LogP contribution in [0, 0.1) is 0 Å². The van der Waals surface area contributed by atoms with Gasteiger partial charge in [-0.25, -0.2) is 4.98 Å². The van der Waals surface area contributed by atoms with E-state index in [0.29, 0.717) is 5.56 Å². The molecule has 1 aliphatic heterocycles. The van der Waals surface area contributed by atoms with Crippen molar-refractivity contribution >= 4 is 28.0 Å². The Bertz CT molecular complexity index is 415. The van der Waals surface area contributed by atoms with Crippen LogP contribution in [0.3, 0.4) is 0 Å². The van der Waals surface area contributed by atoms with Crippen LogP contribution in [-0.4, -0.2) is 36.6 Å². The summed E-state index contributed by atoms with van der Waals surface area (Å²) >= 11 is 3.32. The van der Waals surface area contributed by atoms with Crippen molar-refractivity contribution in [2.45, 2.75) is 26.1 Å². The number of hydrogen-bond donors (Lipinski definition) is 0. The summed E-state index contributed by atoms with van der Waals surface area (Å²) in [6, 6.07) is 1.79. The van der Waals surface area contributed by atoms with E-state index in [1.807, 2.05) is 13.8 Å². The highest BCUT2D eigenvalue weighted by atomic mass is 79.9. The summed E-state index contributed by atoms with van der Waals surface area (Å²) in [7, 11) is 0. The van der Waals surface area contributed by atoms with E-state index in [2.05, 4.69) is 25.8 Å². The van der Waals surface area contributed by atoms with Gasteiger partial charge in [-0.2, -0.15) is 0 Å². The number of halogens is 1. The van der Waals surface area contributed by atoms with Gasteiger partial charge in [0.25, 0.3) is 0 Å². The van der Waals surface area contributed by atoms with Crippen molar-refractivity contribution < 1.29 is 9.53 Å². The number of anilines is 1. The molecule has 0 N–H and O–H groups in total. The fraction of sp³-hybridized carbons (Fsp3) is 0.500. The van der Waals surface area contributed by atoms with Crippen LogP contribution in [0.4, 0.5) is 5.82 Å².